The van der Waals surface area contributed by atoms with Crippen LogP contribution in [0.15, 0.2) is 0 Å². The van der Waals surface area contributed by atoms with Crippen LogP contribution < -0.4 is 5.11 Å². The van der Waals surface area contributed by atoms with E-state index in [9.17, 15) is 13.2 Å². The molecule has 0 saturated carbocycles. The van der Waals surface area contributed by atoms with Gasteiger partial charge in [0.15, 0.2) is 0 Å². The maximum Gasteiger partial charge on any atom is 0.430 e. The minimum absolute atomic E-state index is 0. The van der Waals surface area contributed by atoms with Gasteiger partial charge in [-0.3, -0.25) is 0 Å². The number of halogens is 3. The smallest absolute Gasteiger partial charge is 0.430 e. The van der Waals surface area contributed by atoms with E-state index < -0.39 is 12.1 Å². The number of rotatable bonds is 0. The second-order valence-corrected chi connectivity index (χ2v) is 0.785. The molecule has 0 rings (SSSR count). The molecule has 0 aliphatic carbocycles. The number of hydrogen-bond acceptors (Lipinski definition) is 2. The summed E-state index contributed by atoms with van der Waals surface area (Å²) in [5.74, 6) is -3.01. The van der Waals surface area contributed by atoms with Crippen molar-refractivity contribution in [1.82, 2.24) is 0 Å². The molecule has 0 bridgehead atoms. The van der Waals surface area contributed by atoms with E-state index in [1.165, 1.54) is 0 Å². The van der Waals surface area contributed by atoms with Gasteiger partial charge in [0.25, 0.3) is 0 Å². The van der Waals surface area contributed by atoms with Gasteiger partial charge in [0.2, 0.25) is 0 Å². The van der Waals surface area contributed by atoms with Crippen molar-refractivity contribution in [2.75, 3.05) is 0 Å². The van der Waals surface area contributed by atoms with E-state index in [1.807, 2.05) is 0 Å². The number of carboxylic acids is 1. The summed E-state index contributed by atoms with van der Waals surface area (Å²) in [6, 6.07) is 0. The van der Waals surface area contributed by atoms with Crippen LogP contribution in [0.5, 0.6) is 0 Å². The SMILES string of the molecule is O.O.O.O=C([O-])C(F)(F)F.[Re]. The van der Waals surface area contributed by atoms with E-state index in [1.54, 1.807) is 0 Å². The number of hydrogen-bond donors (Lipinski definition) is 0. The van der Waals surface area contributed by atoms with Gasteiger partial charge >= 0.3 is 6.18 Å². The Balaban J connectivity index is -0.0000000300. The Kier molecular flexibility index (Phi) is 27.5. The zero-order chi connectivity index (χ0) is 6.08. The Morgan fingerprint density at radius 2 is 1.18 bits per heavy atom. The summed E-state index contributed by atoms with van der Waals surface area (Å²) in [5.41, 5.74) is 0. The van der Waals surface area contributed by atoms with Crippen LogP contribution in [0.25, 0.3) is 0 Å². The van der Waals surface area contributed by atoms with E-state index in [-0.39, 0.29) is 36.9 Å². The van der Waals surface area contributed by atoms with Gasteiger partial charge in [-0.05, 0) is 0 Å². The van der Waals surface area contributed by atoms with Gasteiger partial charge in [0, 0.05) is 20.4 Å². The molecule has 1 radical (unpaired) electrons. The van der Waals surface area contributed by atoms with E-state index in [4.69, 9.17) is 9.90 Å². The van der Waals surface area contributed by atoms with Crippen molar-refractivity contribution in [3.05, 3.63) is 0 Å². The number of aliphatic carboxylic acids is 1. The van der Waals surface area contributed by atoms with Crippen molar-refractivity contribution < 1.29 is 59.9 Å². The van der Waals surface area contributed by atoms with Gasteiger partial charge in [-0.2, -0.15) is 13.2 Å². The predicted octanol–water partition coefficient (Wildman–Crippen LogP) is -3.18. The molecule has 0 heterocycles. The van der Waals surface area contributed by atoms with Gasteiger partial charge in [-0.25, -0.2) is 0 Å². The van der Waals surface area contributed by atoms with Crippen LogP contribution >= 0.6 is 0 Å². The van der Waals surface area contributed by atoms with Gasteiger partial charge in [-0.15, -0.1) is 0 Å². The molecule has 0 fully saturated rings. The van der Waals surface area contributed by atoms with Gasteiger partial charge in [0.1, 0.15) is 5.97 Å². The van der Waals surface area contributed by atoms with Crippen LogP contribution in [0.4, 0.5) is 13.2 Å². The molecule has 6 N–H and O–H groups in total. The first kappa shape index (κ1) is 30.8. The maximum absolute atomic E-state index is 10.5. The topological polar surface area (TPSA) is 135 Å². The van der Waals surface area contributed by atoms with Crippen LogP contribution in [-0.2, 0) is 25.2 Å². The third kappa shape index (κ3) is 17.7. The summed E-state index contributed by atoms with van der Waals surface area (Å²) in [6.07, 6.45) is -5.19. The summed E-state index contributed by atoms with van der Waals surface area (Å²) in [7, 11) is 0. The molecular weight excluding hydrogens is 347 g/mol. The molecule has 0 aromatic rings. The summed E-state index contributed by atoms with van der Waals surface area (Å²) >= 11 is 0. The number of alkyl halides is 3. The molecule has 0 aliphatic rings. The molecule has 0 aliphatic heterocycles. The van der Waals surface area contributed by atoms with Crippen molar-refractivity contribution in [3.8, 4) is 0 Å². The molecule has 0 amide bonds. The Labute approximate surface area is 72.8 Å². The first-order valence-corrected chi connectivity index (χ1v) is 1.23. The molecular formula is C2H6F3O5Re-. The van der Waals surface area contributed by atoms with E-state index in [2.05, 4.69) is 0 Å². The van der Waals surface area contributed by atoms with E-state index in [0.29, 0.717) is 0 Å². The Bertz CT molecular complexity index is 92.2. The van der Waals surface area contributed by atoms with Crippen molar-refractivity contribution >= 4 is 5.97 Å². The van der Waals surface area contributed by atoms with Crippen LogP contribution in [-0.4, -0.2) is 28.6 Å². The Hall–Kier alpha value is -0.198. The zero-order valence-electron chi connectivity index (χ0n) is 4.83. The standard InChI is InChI=1S/C2HF3O2.3H2O.Re/c3-2(4,5)1(6)7;;;;/h(H,6,7);3*1H2;/p-1. The predicted molar refractivity (Wildman–Crippen MR) is 21.9 cm³/mol. The summed E-state index contributed by atoms with van der Waals surface area (Å²) < 4.78 is 31.5. The molecule has 5 nitrogen and oxygen atoms in total. The molecule has 0 spiro atoms. The first-order chi connectivity index (χ1) is 2.94. The maximum atomic E-state index is 10.5. The summed E-state index contributed by atoms with van der Waals surface area (Å²) in [4.78, 5) is 8.78. The molecule has 0 unspecified atom stereocenters. The fraction of sp³-hybridized carbons (Fsp3) is 0.500. The summed E-state index contributed by atoms with van der Waals surface area (Å²) in [5, 5.41) is 8.78. The average Bonchev–Trinajstić information content (AvgIpc) is 1.31. The number of carbonyl (C=O) groups is 1. The van der Waals surface area contributed by atoms with Gasteiger partial charge < -0.3 is 26.3 Å². The van der Waals surface area contributed by atoms with Crippen LogP contribution in [0, 0.1) is 0 Å². The molecule has 9 heteroatoms. The van der Waals surface area contributed by atoms with Crippen LogP contribution in [0.2, 0.25) is 0 Å². The van der Waals surface area contributed by atoms with Gasteiger partial charge in [0.05, 0.1) is 0 Å². The average molecular weight is 353 g/mol. The quantitative estimate of drug-likeness (QED) is 0.454. The minimum atomic E-state index is -5.19. The fourth-order valence-electron chi connectivity index (χ4n) is 0. The zero-order valence-corrected chi connectivity index (χ0v) is 7.54. The molecule has 0 saturated heterocycles. The van der Waals surface area contributed by atoms with Crippen molar-refractivity contribution in [1.29, 1.82) is 0 Å². The molecule has 0 atom stereocenters. The monoisotopic (exact) mass is 354 g/mol. The van der Waals surface area contributed by atoms with Crippen molar-refractivity contribution in [2.45, 2.75) is 6.18 Å². The number of carboxylic acid groups (broad SMARTS) is 1. The second-order valence-electron chi connectivity index (χ2n) is 0.785. The first-order valence-electron chi connectivity index (χ1n) is 1.23. The number of carbonyl (C=O) groups excluding carboxylic acids is 1. The summed E-state index contributed by atoms with van der Waals surface area (Å²) in [6.45, 7) is 0. The Morgan fingerprint density at radius 1 is 1.09 bits per heavy atom. The van der Waals surface area contributed by atoms with Crippen LogP contribution in [0.3, 0.4) is 0 Å². The third-order valence-corrected chi connectivity index (χ3v) is 0.231. The third-order valence-electron chi connectivity index (χ3n) is 0.231. The van der Waals surface area contributed by atoms with Gasteiger partial charge in [-0.1, -0.05) is 0 Å². The molecule has 0 aromatic heterocycles. The Morgan fingerprint density at radius 3 is 1.18 bits per heavy atom. The van der Waals surface area contributed by atoms with E-state index >= 15 is 0 Å². The fourth-order valence-corrected chi connectivity index (χ4v) is 0. The van der Waals surface area contributed by atoms with Crippen LogP contribution in [0.1, 0.15) is 0 Å². The van der Waals surface area contributed by atoms with Crippen molar-refractivity contribution in [2.24, 2.45) is 0 Å². The van der Waals surface area contributed by atoms with Crippen molar-refractivity contribution in [3.63, 3.8) is 0 Å². The largest absolute Gasteiger partial charge is 0.542 e. The molecule has 11 heavy (non-hydrogen) atoms. The molecule has 0 aromatic carbocycles. The normalized spacial score (nSPS) is 7.18. The van der Waals surface area contributed by atoms with E-state index in [0.717, 1.165) is 0 Å². The minimum Gasteiger partial charge on any atom is -0.542 e. The second kappa shape index (κ2) is 9.80. The molecule has 73 valence electrons.